The molecule has 150 valence electrons. The van der Waals surface area contributed by atoms with E-state index >= 15 is 0 Å². The highest BCUT2D eigenvalue weighted by molar-refractivity contribution is 7.89. The van der Waals surface area contributed by atoms with Crippen LogP contribution in [0.5, 0.6) is 0 Å². The maximum atomic E-state index is 12.7. The molecule has 1 saturated heterocycles. The van der Waals surface area contributed by atoms with E-state index in [1.807, 2.05) is 12.1 Å². The molecule has 2 aromatic rings. The van der Waals surface area contributed by atoms with Crippen LogP contribution in [0.15, 0.2) is 53.7 Å². The fourth-order valence-electron chi connectivity index (χ4n) is 3.20. The lowest BCUT2D eigenvalue weighted by atomic mass is 9.98. The summed E-state index contributed by atoms with van der Waals surface area (Å²) in [6.45, 7) is 0.980. The molecule has 6 nitrogen and oxygen atoms in total. The van der Waals surface area contributed by atoms with E-state index in [1.54, 1.807) is 24.5 Å². The predicted octanol–water partition coefficient (Wildman–Crippen LogP) is 3.31. The molecule has 0 amide bonds. The molecule has 1 aliphatic heterocycles. The van der Waals surface area contributed by atoms with Gasteiger partial charge in [-0.1, -0.05) is 11.6 Å². The van der Waals surface area contributed by atoms with Crippen LogP contribution in [0, 0.1) is 5.92 Å². The van der Waals surface area contributed by atoms with Gasteiger partial charge in [-0.25, -0.2) is 8.42 Å². The summed E-state index contributed by atoms with van der Waals surface area (Å²) in [5, 5.41) is 0.490. The molecule has 1 aromatic carbocycles. The van der Waals surface area contributed by atoms with E-state index in [-0.39, 0.29) is 16.8 Å². The van der Waals surface area contributed by atoms with Gasteiger partial charge >= 0.3 is 5.97 Å². The molecule has 1 aromatic heterocycles. The predicted molar refractivity (Wildman–Crippen MR) is 106 cm³/mol. The number of halogens is 1. The number of carbonyl (C=O) groups excluding carboxylic acids is 1. The van der Waals surface area contributed by atoms with Crippen molar-refractivity contribution in [2.24, 2.45) is 5.92 Å². The Morgan fingerprint density at radius 3 is 2.39 bits per heavy atom. The monoisotopic (exact) mass is 422 g/mol. The topological polar surface area (TPSA) is 76.6 Å². The lowest BCUT2D eigenvalue weighted by Crippen LogP contribution is -2.40. The van der Waals surface area contributed by atoms with Crippen molar-refractivity contribution in [2.75, 3.05) is 19.7 Å². The van der Waals surface area contributed by atoms with Gasteiger partial charge in [-0.15, -0.1) is 0 Å². The third kappa shape index (κ3) is 5.31. The number of hydrogen-bond donors (Lipinski definition) is 0. The molecule has 0 spiro atoms. The number of rotatable bonds is 7. The summed E-state index contributed by atoms with van der Waals surface area (Å²) in [4.78, 5) is 16.4. The van der Waals surface area contributed by atoms with Crippen molar-refractivity contribution in [1.82, 2.24) is 9.29 Å². The second-order valence-electron chi connectivity index (χ2n) is 6.76. The number of ether oxygens (including phenoxy) is 1. The smallest absolute Gasteiger partial charge is 0.309 e. The van der Waals surface area contributed by atoms with Gasteiger partial charge in [0.05, 0.1) is 17.4 Å². The zero-order chi connectivity index (χ0) is 20.0. The molecule has 28 heavy (non-hydrogen) atoms. The normalized spacial score (nSPS) is 16.0. The summed E-state index contributed by atoms with van der Waals surface area (Å²) in [5.41, 5.74) is 1.16. The largest absolute Gasteiger partial charge is 0.465 e. The summed E-state index contributed by atoms with van der Waals surface area (Å²) >= 11 is 5.83. The summed E-state index contributed by atoms with van der Waals surface area (Å²) < 4.78 is 32.2. The Morgan fingerprint density at radius 2 is 1.75 bits per heavy atom. The van der Waals surface area contributed by atoms with E-state index in [4.69, 9.17) is 16.3 Å². The average molecular weight is 423 g/mol. The van der Waals surface area contributed by atoms with Crippen LogP contribution in [-0.4, -0.2) is 43.4 Å². The molecule has 0 radical (unpaired) electrons. The van der Waals surface area contributed by atoms with Crippen LogP contribution in [0.4, 0.5) is 0 Å². The van der Waals surface area contributed by atoms with Gasteiger partial charge in [-0.05, 0) is 67.6 Å². The van der Waals surface area contributed by atoms with Crippen molar-refractivity contribution in [3.05, 3.63) is 59.4 Å². The second kappa shape index (κ2) is 9.49. The Bertz CT molecular complexity index is 880. The fraction of sp³-hybridized carbons (Fsp3) is 0.400. The first-order chi connectivity index (χ1) is 13.5. The van der Waals surface area contributed by atoms with Crippen LogP contribution in [0.25, 0.3) is 0 Å². The summed E-state index contributed by atoms with van der Waals surface area (Å²) in [6.07, 6.45) is 6.00. The van der Waals surface area contributed by atoms with Crippen LogP contribution in [-0.2, 0) is 26.0 Å². The minimum atomic E-state index is -3.56. The van der Waals surface area contributed by atoms with Crippen molar-refractivity contribution in [3.63, 3.8) is 0 Å². The zero-order valence-corrected chi connectivity index (χ0v) is 17.0. The Kier molecular flexibility index (Phi) is 7.04. The Labute approximate surface area is 170 Å². The third-order valence-electron chi connectivity index (χ3n) is 4.84. The molecule has 0 aliphatic carbocycles. The van der Waals surface area contributed by atoms with Crippen molar-refractivity contribution < 1.29 is 17.9 Å². The van der Waals surface area contributed by atoms with Crippen molar-refractivity contribution >= 4 is 27.6 Å². The van der Waals surface area contributed by atoms with Gasteiger partial charge in [0.25, 0.3) is 0 Å². The number of piperidine rings is 1. The minimum absolute atomic E-state index is 0.217. The standard InChI is InChI=1S/C20H23ClN2O4S/c21-18-3-5-19(6-4-18)28(25,26)23-13-9-17(10-14-23)20(24)27-15-1-2-16-7-11-22-12-8-16/h3-8,11-12,17H,1-2,9-10,13-15H2. The number of aromatic nitrogens is 1. The third-order valence-corrected chi connectivity index (χ3v) is 7.01. The number of nitrogens with zero attached hydrogens (tertiary/aromatic N) is 2. The van der Waals surface area contributed by atoms with Crippen LogP contribution in [0.1, 0.15) is 24.8 Å². The molecule has 1 fully saturated rings. The number of aryl methyl sites for hydroxylation is 1. The van der Waals surface area contributed by atoms with Crippen molar-refractivity contribution in [3.8, 4) is 0 Å². The van der Waals surface area contributed by atoms with E-state index in [9.17, 15) is 13.2 Å². The Morgan fingerprint density at radius 1 is 1.11 bits per heavy atom. The zero-order valence-electron chi connectivity index (χ0n) is 15.5. The molecule has 2 heterocycles. The molecule has 0 unspecified atom stereocenters. The molecule has 3 rings (SSSR count). The van der Waals surface area contributed by atoms with E-state index in [1.165, 1.54) is 16.4 Å². The quantitative estimate of drug-likeness (QED) is 0.505. The molecule has 0 atom stereocenters. The summed E-state index contributed by atoms with van der Waals surface area (Å²) in [7, 11) is -3.56. The molecule has 0 N–H and O–H groups in total. The van der Waals surface area contributed by atoms with E-state index in [2.05, 4.69) is 4.98 Å². The highest BCUT2D eigenvalue weighted by Gasteiger charge is 2.32. The minimum Gasteiger partial charge on any atom is -0.465 e. The molecule has 8 heteroatoms. The maximum Gasteiger partial charge on any atom is 0.309 e. The molecular weight excluding hydrogens is 400 g/mol. The van der Waals surface area contributed by atoms with Gasteiger partial charge in [0.1, 0.15) is 0 Å². The van der Waals surface area contributed by atoms with Crippen LogP contribution in [0.3, 0.4) is 0 Å². The van der Waals surface area contributed by atoms with Crippen LogP contribution >= 0.6 is 11.6 Å². The van der Waals surface area contributed by atoms with Gasteiger partial charge in [0.2, 0.25) is 10.0 Å². The van der Waals surface area contributed by atoms with Gasteiger partial charge in [-0.3, -0.25) is 9.78 Å². The van der Waals surface area contributed by atoms with E-state index < -0.39 is 10.0 Å². The number of esters is 1. The first kappa shape index (κ1) is 20.8. The lowest BCUT2D eigenvalue weighted by molar-refractivity contribution is -0.149. The van der Waals surface area contributed by atoms with Crippen LogP contribution in [0.2, 0.25) is 5.02 Å². The molecule has 1 aliphatic rings. The maximum absolute atomic E-state index is 12.7. The van der Waals surface area contributed by atoms with Crippen molar-refractivity contribution in [2.45, 2.75) is 30.6 Å². The number of hydrogen-bond acceptors (Lipinski definition) is 5. The molecule has 0 bridgehead atoms. The molecule has 0 saturated carbocycles. The van der Waals surface area contributed by atoms with Gasteiger partial charge in [-0.2, -0.15) is 4.31 Å². The SMILES string of the molecule is O=C(OCCCc1ccncc1)C1CCN(S(=O)(=O)c2ccc(Cl)cc2)CC1. The summed E-state index contributed by atoms with van der Waals surface area (Å²) in [6, 6.07) is 10.0. The highest BCUT2D eigenvalue weighted by Crippen LogP contribution is 2.25. The fourth-order valence-corrected chi connectivity index (χ4v) is 4.80. The molecular formula is C20H23ClN2O4S. The van der Waals surface area contributed by atoms with E-state index in [0.717, 1.165) is 18.4 Å². The lowest BCUT2D eigenvalue weighted by Gasteiger charge is -2.30. The van der Waals surface area contributed by atoms with Gasteiger partial charge in [0, 0.05) is 30.5 Å². The van der Waals surface area contributed by atoms with Crippen LogP contribution < -0.4 is 0 Å². The highest BCUT2D eigenvalue weighted by atomic mass is 35.5. The average Bonchev–Trinajstić information content (AvgIpc) is 2.72. The first-order valence-electron chi connectivity index (χ1n) is 9.28. The number of pyridine rings is 1. The number of sulfonamides is 1. The summed E-state index contributed by atoms with van der Waals surface area (Å²) in [5.74, 6) is -0.490. The number of benzene rings is 1. The number of carbonyl (C=O) groups is 1. The second-order valence-corrected chi connectivity index (χ2v) is 9.13. The van der Waals surface area contributed by atoms with E-state index in [0.29, 0.717) is 37.6 Å². The Hall–Kier alpha value is -1.96. The van der Waals surface area contributed by atoms with Crippen molar-refractivity contribution in [1.29, 1.82) is 0 Å². The Balaban J connectivity index is 1.44. The van der Waals surface area contributed by atoms with Gasteiger partial charge in [0.15, 0.2) is 0 Å². The van der Waals surface area contributed by atoms with Gasteiger partial charge < -0.3 is 4.74 Å². The first-order valence-corrected chi connectivity index (χ1v) is 11.1.